The van der Waals surface area contributed by atoms with E-state index < -0.39 is 10.0 Å². The van der Waals surface area contributed by atoms with E-state index in [1.807, 2.05) is 6.07 Å². The summed E-state index contributed by atoms with van der Waals surface area (Å²) in [5, 5.41) is 8.80. The molecule has 1 fully saturated rings. The van der Waals surface area contributed by atoms with Crippen molar-refractivity contribution >= 4 is 15.7 Å². The summed E-state index contributed by atoms with van der Waals surface area (Å²) in [6.45, 7) is 8.69. The summed E-state index contributed by atoms with van der Waals surface area (Å²) < 4.78 is 23.2. The van der Waals surface area contributed by atoms with E-state index in [1.54, 1.807) is 19.1 Å². The smallest absolute Gasteiger partial charge is 0.238 e. The second-order valence-corrected chi connectivity index (χ2v) is 8.64. The van der Waals surface area contributed by atoms with Crippen molar-refractivity contribution in [3.05, 3.63) is 23.8 Å². The van der Waals surface area contributed by atoms with E-state index in [-0.39, 0.29) is 4.90 Å². The summed E-state index contributed by atoms with van der Waals surface area (Å²) in [4.78, 5) is 0.205. The van der Waals surface area contributed by atoms with Crippen LogP contribution >= 0.6 is 0 Å². The van der Waals surface area contributed by atoms with Gasteiger partial charge < -0.3 is 5.32 Å². The number of rotatable bonds is 3. The van der Waals surface area contributed by atoms with Crippen molar-refractivity contribution in [2.24, 2.45) is 16.5 Å². The molecule has 1 aliphatic rings. The van der Waals surface area contributed by atoms with Gasteiger partial charge in [0, 0.05) is 11.7 Å². The van der Waals surface area contributed by atoms with Gasteiger partial charge in [0.25, 0.3) is 0 Å². The Kier molecular flexibility index (Phi) is 4.36. The zero-order chi connectivity index (χ0) is 15.8. The molecule has 0 spiro atoms. The Morgan fingerprint density at radius 3 is 2.57 bits per heavy atom. The SMILES string of the molecule is Cc1c(NC2CCC(C)(C)CC2C)cccc1S(N)(=O)=O. The van der Waals surface area contributed by atoms with Crippen molar-refractivity contribution in [1.29, 1.82) is 0 Å². The lowest BCUT2D eigenvalue weighted by Crippen LogP contribution is -2.37. The molecule has 4 nitrogen and oxygen atoms in total. The Balaban J connectivity index is 2.22. The zero-order valence-corrected chi connectivity index (χ0v) is 14.1. The summed E-state index contributed by atoms with van der Waals surface area (Å²) in [6.07, 6.45) is 3.47. The van der Waals surface area contributed by atoms with E-state index in [0.717, 1.165) is 12.1 Å². The van der Waals surface area contributed by atoms with Crippen LogP contribution in [0.5, 0.6) is 0 Å². The Bertz CT molecular complexity index is 623. The van der Waals surface area contributed by atoms with E-state index in [1.165, 1.54) is 12.8 Å². The Labute approximate surface area is 128 Å². The molecule has 3 N–H and O–H groups in total. The molecule has 1 aromatic carbocycles. The summed E-state index contributed by atoms with van der Waals surface area (Å²) in [5.74, 6) is 0.561. The topological polar surface area (TPSA) is 72.2 Å². The molecule has 0 heterocycles. The first-order chi connectivity index (χ1) is 9.60. The minimum absolute atomic E-state index is 0.205. The number of primary sulfonamides is 1. The monoisotopic (exact) mass is 310 g/mol. The molecule has 0 bridgehead atoms. The van der Waals surface area contributed by atoms with Gasteiger partial charge in [0.2, 0.25) is 10.0 Å². The lowest BCUT2D eigenvalue weighted by Gasteiger charge is -2.40. The van der Waals surface area contributed by atoms with Crippen molar-refractivity contribution in [3.63, 3.8) is 0 Å². The fourth-order valence-electron chi connectivity index (χ4n) is 3.44. The zero-order valence-electron chi connectivity index (χ0n) is 13.3. The lowest BCUT2D eigenvalue weighted by molar-refractivity contribution is 0.177. The quantitative estimate of drug-likeness (QED) is 0.900. The molecule has 21 heavy (non-hydrogen) atoms. The van der Waals surface area contributed by atoms with E-state index in [0.29, 0.717) is 22.9 Å². The predicted octanol–water partition coefficient (Wildman–Crippen LogP) is 3.27. The lowest BCUT2D eigenvalue weighted by atomic mass is 9.70. The van der Waals surface area contributed by atoms with Crippen molar-refractivity contribution in [3.8, 4) is 0 Å². The molecule has 2 unspecified atom stereocenters. The molecule has 2 rings (SSSR count). The molecule has 0 saturated heterocycles. The Hall–Kier alpha value is -1.07. The number of nitrogens with one attached hydrogen (secondary N) is 1. The maximum atomic E-state index is 11.6. The van der Waals surface area contributed by atoms with E-state index >= 15 is 0 Å². The van der Waals surface area contributed by atoms with Gasteiger partial charge >= 0.3 is 0 Å². The molecule has 0 radical (unpaired) electrons. The number of anilines is 1. The Morgan fingerprint density at radius 1 is 1.33 bits per heavy atom. The van der Waals surface area contributed by atoms with Gasteiger partial charge in [-0.05, 0) is 55.2 Å². The van der Waals surface area contributed by atoms with Crippen LogP contribution in [-0.2, 0) is 10.0 Å². The van der Waals surface area contributed by atoms with Crippen LogP contribution in [-0.4, -0.2) is 14.5 Å². The van der Waals surface area contributed by atoms with Gasteiger partial charge in [-0.25, -0.2) is 13.6 Å². The van der Waals surface area contributed by atoms with Gasteiger partial charge in [0.1, 0.15) is 0 Å². The fourth-order valence-corrected chi connectivity index (χ4v) is 4.24. The van der Waals surface area contributed by atoms with Crippen molar-refractivity contribution in [1.82, 2.24) is 0 Å². The maximum Gasteiger partial charge on any atom is 0.238 e. The standard InChI is InChI=1S/C16H26N2O2S/c1-11-10-16(3,4)9-8-13(11)18-14-6-5-7-15(12(14)2)21(17,19)20/h5-7,11,13,18H,8-10H2,1-4H3,(H2,17,19,20). The molecule has 1 aromatic rings. The van der Waals surface area contributed by atoms with E-state index in [2.05, 4.69) is 26.1 Å². The molecule has 0 amide bonds. The van der Waals surface area contributed by atoms with Crippen LogP contribution < -0.4 is 10.5 Å². The highest BCUT2D eigenvalue weighted by atomic mass is 32.2. The molecule has 0 aliphatic heterocycles. The molecule has 0 aromatic heterocycles. The van der Waals surface area contributed by atoms with Crippen molar-refractivity contribution in [2.75, 3.05) is 5.32 Å². The van der Waals surface area contributed by atoms with Gasteiger partial charge in [0.05, 0.1) is 4.90 Å². The Morgan fingerprint density at radius 2 is 2.00 bits per heavy atom. The third-order valence-corrected chi connectivity index (χ3v) is 5.68. The van der Waals surface area contributed by atoms with Crippen molar-refractivity contribution in [2.45, 2.75) is 57.9 Å². The van der Waals surface area contributed by atoms with Crippen LogP contribution in [0.4, 0.5) is 5.69 Å². The maximum absolute atomic E-state index is 11.6. The average Bonchev–Trinajstić information content (AvgIpc) is 2.32. The average molecular weight is 310 g/mol. The molecule has 2 atom stereocenters. The van der Waals surface area contributed by atoms with Crippen LogP contribution in [0.1, 0.15) is 45.6 Å². The minimum atomic E-state index is -3.67. The van der Waals surface area contributed by atoms with Gasteiger partial charge in [-0.15, -0.1) is 0 Å². The van der Waals surface area contributed by atoms with Crippen LogP contribution in [0.3, 0.4) is 0 Å². The second kappa shape index (κ2) is 5.61. The summed E-state index contributed by atoms with van der Waals surface area (Å²) >= 11 is 0. The summed E-state index contributed by atoms with van der Waals surface area (Å²) in [6, 6.07) is 5.61. The second-order valence-electron chi connectivity index (χ2n) is 7.11. The van der Waals surface area contributed by atoms with Gasteiger partial charge in [0.15, 0.2) is 0 Å². The highest BCUT2D eigenvalue weighted by Crippen LogP contribution is 2.40. The number of nitrogens with two attached hydrogens (primary N) is 1. The highest BCUT2D eigenvalue weighted by Gasteiger charge is 2.32. The molecule has 5 heteroatoms. The molecule has 1 saturated carbocycles. The molecule has 118 valence electrons. The summed E-state index contributed by atoms with van der Waals surface area (Å²) in [7, 11) is -3.67. The fraction of sp³-hybridized carbons (Fsp3) is 0.625. The first-order valence-electron chi connectivity index (χ1n) is 7.49. The van der Waals surface area contributed by atoms with Gasteiger partial charge in [-0.1, -0.05) is 26.8 Å². The minimum Gasteiger partial charge on any atom is -0.382 e. The first kappa shape index (κ1) is 16.3. The van der Waals surface area contributed by atoms with Gasteiger partial charge in [-0.2, -0.15) is 0 Å². The van der Waals surface area contributed by atoms with Crippen molar-refractivity contribution < 1.29 is 8.42 Å². The van der Waals surface area contributed by atoms with Crippen LogP contribution in [0, 0.1) is 18.3 Å². The van der Waals surface area contributed by atoms with Gasteiger partial charge in [-0.3, -0.25) is 0 Å². The first-order valence-corrected chi connectivity index (χ1v) is 9.04. The van der Waals surface area contributed by atoms with Crippen LogP contribution in [0.2, 0.25) is 0 Å². The molecular weight excluding hydrogens is 284 g/mol. The predicted molar refractivity (Wildman–Crippen MR) is 86.8 cm³/mol. The molecule has 1 aliphatic carbocycles. The van der Waals surface area contributed by atoms with Crippen LogP contribution in [0.25, 0.3) is 0 Å². The highest BCUT2D eigenvalue weighted by molar-refractivity contribution is 7.89. The van der Waals surface area contributed by atoms with E-state index in [4.69, 9.17) is 5.14 Å². The number of hydrogen-bond acceptors (Lipinski definition) is 3. The number of sulfonamides is 1. The molecular formula is C16H26N2O2S. The van der Waals surface area contributed by atoms with Crippen LogP contribution in [0.15, 0.2) is 23.1 Å². The van der Waals surface area contributed by atoms with E-state index in [9.17, 15) is 8.42 Å². The third kappa shape index (κ3) is 3.77. The summed E-state index contributed by atoms with van der Waals surface area (Å²) in [5.41, 5.74) is 1.98. The normalized spacial score (nSPS) is 25.6. The number of hydrogen-bond donors (Lipinski definition) is 2. The third-order valence-electron chi connectivity index (χ3n) is 4.63. The largest absolute Gasteiger partial charge is 0.382 e. The number of benzene rings is 1.